The molecule has 1 aromatic heterocycles. The molecular formula is C13H14ClN3O. The van der Waals surface area contributed by atoms with Crippen LogP contribution < -0.4 is 5.32 Å². The molecule has 0 spiro atoms. The Morgan fingerprint density at radius 3 is 2.89 bits per heavy atom. The molecule has 1 aromatic carbocycles. The van der Waals surface area contributed by atoms with Crippen molar-refractivity contribution in [3.05, 3.63) is 36.2 Å². The second kappa shape index (κ2) is 5.78. The van der Waals surface area contributed by atoms with Gasteiger partial charge in [-0.2, -0.15) is 0 Å². The van der Waals surface area contributed by atoms with Crippen molar-refractivity contribution in [1.82, 2.24) is 15.3 Å². The Kier molecular flexibility index (Phi) is 4.10. The molecule has 5 heteroatoms. The number of fused-ring (bicyclic) bond motifs is 1. The summed E-state index contributed by atoms with van der Waals surface area (Å²) in [6, 6.07) is 5.35. The fourth-order valence-corrected chi connectivity index (χ4v) is 1.98. The van der Waals surface area contributed by atoms with Crippen LogP contribution in [0.2, 0.25) is 0 Å². The lowest BCUT2D eigenvalue weighted by molar-refractivity contribution is 0.0941. The monoisotopic (exact) mass is 263 g/mol. The molecule has 0 saturated heterocycles. The number of nitrogens with one attached hydrogen (secondary N) is 1. The second-order valence-electron chi connectivity index (χ2n) is 3.96. The van der Waals surface area contributed by atoms with Gasteiger partial charge in [0.1, 0.15) is 5.52 Å². The van der Waals surface area contributed by atoms with Crippen LogP contribution in [-0.2, 0) is 0 Å². The van der Waals surface area contributed by atoms with Crippen molar-refractivity contribution >= 4 is 28.5 Å². The number of para-hydroxylation sites is 1. The first kappa shape index (κ1) is 12.8. The van der Waals surface area contributed by atoms with Crippen molar-refractivity contribution in [2.75, 3.05) is 5.88 Å². The summed E-state index contributed by atoms with van der Waals surface area (Å²) in [5.41, 5.74) is 1.86. The highest BCUT2D eigenvalue weighted by Gasteiger charge is 2.14. The van der Waals surface area contributed by atoms with E-state index >= 15 is 0 Å². The fraction of sp³-hybridized carbons (Fsp3) is 0.308. The summed E-state index contributed by atoms with van der Waals surface area (Å²) in [5.74, 6) is 0.243. The quantitative estimate of drug-likeness (QED) is 0.862. The van der Waals surface area contributed by atoms with Gasteiger partial charge in [0, 0.05) is 24.3 Å². The van der Waals surface area contributed by atoms with Gasteiger partial charge in [0.05, 0.1) is 11.1 Å². The third kappa shape index (κ3) is 2.59. The van der Waals surface area contributed by atoms with Gasteiger partial charge in [-0.1, -0.05) is 13.0 Å². The zero-order valence-corrected chi connectivity index (χ0v) is 10.8. The largest absolute Gasteiger partial charge is 0.348 e. The summed E-state index contributed by atoms with van der Waals surface area (Å²) in [6.07, 6.45) is 3.99. The van der Waals surface area contributed by atoms with Gasteiger partial charge in [-0.3, -0.25) is 14.8 Å². The maximum absolute atomic E-state index is 12.1. The maximum atomic E-state index is 12.1. The minimum atomic E-state index is -0.159. The number of carbonyl (C=O) groups is 1. The SMILES string of the molecule is CCC(CCl)NC(=O)c1cccc2nccnc12. The molecule has 0 aliphatic heterocycles. The van der Waals surface area contributed by atoms with E-state index in [0.717, 1.165) is 6.42 Å². The Balaban J connectivity index is 2.33. The van der Waals surface area contributed by atoms with Crippen LogP contribution in [0.4, 0.5) is 0 Å². The lowest BCUT2D eigenvalue weighted by atomic mass is 10.1. The topological polar surface area (TPSA) is 54.9 Å². The van der Waals surface area contributed by atoms with Gasteiger partial charge in [0.2, 0.25) is 0 Å². The molecule has 1 N–H and O–H groups in total. The molecule has 0 aliphatic carbocycles. The number of carbonyl (C=O) groups excluding carboxylic acids is 1. The Morgan fingerprint density at radius 2 is 2.17 bits per heavy atom. The molecule has 1 amide bonds. The van der Waals surface area contributed by atoms with E-state index in [1.165, 1.54) is 0 Å². The van der Waals surface area contributed by atoms with Crippen molar-refractivity contribution < 1.29 is 4.79 Å². The Labute approximate surface area is 110 Å². The summed E-state index contributed by atoms with van der Waals surface area (Å²) in [5, 5.41) is 2.89. The van der Waals surface area contributed by atoms with Crippen LogP contribution in [-0.4, -0.2) is 27.8 Å². The number of halogens is 1. The van der Waals surface area contributed by atoms with Gasteiger partial charge in [-0.15, -0.1) is 11.6 Å². The normalized spacial score (nSPS) is 12.3. The minimum absolute atomic E-state index is 0.0221. The maximum Gasteiger partial charge on any atom is 0.253 e. The molecule has 0 bridgehead atoms. The minimum Gasteiger partial charge on any atom is -0.348 e. The third-order valence-corrected chi connectivity index (χ3v) is 3.13. The zero-order chi connectivity index (χ0) is 13.0. The lowest BCUT2D eigenvalue weighted by Gasteiger charge is -2.14. The molecule has 18 heavy (non-hydrogen) atoms. The van der Waals surface area contributed by atoms with Crippen LogP contribution >= 0.6 is 11.6 Å². The number of nitrogens with zero attached hydrogens (tertiary/aromatic N) is 2. The van der Waals surface area contributed by atoms with Crippen LogP contribution in [0.3, 0.4) is 0 Å². The van der Waals surface area contributed by atoms with E-state index in [2.05, 4.69) is 15.3 Å². The summed E-state index contributed by atoms with van der Waals surface area (Å²) >= 11 is 5.77. The van der Waals surface area contributed by atoms with Crippen LogP contribution in [0.5, 0.6) is 0 Å². The average molecular weight is 264 g/mol. The molecule has 1 atom stereocenters. The molecule has 0 saturated carbocycles. The fourth-order valence-electron chi connectivity index (χ4n) is 1.69. The predicted molar refractivity (Wildman–Crippen MR) is 71.8 cm³/mol. The van der Waals surface area contributed by atoms with E-state index in [0.29, 0.717) is 22.5 Å². The van der Waals surface area contributed by atoms with Crippen LogP contribution in [0.15, 0.2) is 30.6 Å². The third-order valence-electron chi connectivity index (χ3n) is 2.76. The highest BCUT2D eigenvalue weighted by atomic mass is 35.5. The van der Waals surface area contributed by atoms with Crippen molar-refractivity contribution in [3.63, 3.8) is 0 Å². The highest BCUT2D eigenvalue weighted by Crippen LogP contribution is 2.14. The molecule has 2 rings (SSSR count). The molecule has 1 unspecified atom stereocenters. The Bertz CT molecular complexity index is 549. The van der Waals surface area contributed by atoms with Gasteiger partial charge in [-0.25, -0.2) is 0 Å². The standard InChI is InChI=1S/C13H14ClN3O/c1-2-9(8-14)17-13(18)10-4-3-5-11-12(10)16-7-6-15-11/h3-7,9H,2,8H2,1H3,(H,17,18). The molecule has 2 aromatic rings. The summed E-state index contributed by atoms with van der Waals surface area (Å²) in [4.78, 5) is 20.5. The average Bonchev–Trinajstić information content (AvgIpc) is 2.43. The van der Waals surface area contributed by atoms with Gasteiger partial charge in [0.15, 0.2) is 0 Å². The first-order chi connectivity index (χ1) is 8.76. The number of aromatic nitrogens is 2. The number of amides is 1. The molecule has 0 aliphatic rings. The molecule has 0 radical (unpaired) electrons. The Morgan fingerprint density at radius 1 is 1.39 bits per heavy atom. The molecular weight excluding hydrogens is 250 g/mol. The smallest absolute Gasteiger partial charge is 0.253 e. The zero-order valence-electron chi connectivity index (χ0n) is 10.1. The van der Waals surface area contributed by atoms with E-state index < -0.39 is 0 Å². The van der Waals surface area contributed by atoms with Gasteiger partial charge >= 0.3 is 0 Å². The molecule has 4 nitrogen and oxygen atoms in total. The lowest BCUT2D eigenvalue weighted by Crippen LogP contribution is -2.35. The molecule has 0 fully saturated rings. The van der Waals surface area contributed by atoms with E-state index in [-0.39, 0.29) is 11.9 Å². The summed E-state index contributed by atoms with van der Waals surface area (Å²) in [6.45, 7) is 1.98. The predicted octanol–water partition coefficient (Wildman–Crippen LogP) is 2.38. The van der Waals surface area contributed by atoms with E-state index in [9.17, 15) is 4.79 Å². The Hall–Kier alpha value is -1.68. The summed E-state index contributed by atoms with van der Waals surface area (Å²) < 4.78 is 0. The van der Waals surface area contributed by atoms with Crippen LogP contribution in [0, 0.1) is 0 Å². The van der Waals surface area contributed by atoms with Crippen LogP contribution in [0.25, 0.3) is 11.0 Å². The number of alkyl halides is 1. The van der Waals surface area contributed by atoms with Gasteiger partial charge in [-0.05, 0) is 18.6 Å². The van der Waals surface area contributed by atoms with E-state index in [1.807, 2.05) is 13.0 Å². The number of hydrogen-bond donors (Lipinski definition) is 1. The molecule has 1 heterocycles. The van der Waals surface area contributed by atoms with Crippen molar-refractivity contribution in [3.8, 4) is 0 Å². The van der Waals surface area contributed by atoms with Crippen molar-refractivity contribution in [2.45, 2.75) is 19.4 Å². The number of benzene rings is 1. The first-order valence-electron chi connectivity index (χ1n) is 5.82. The van der Waals surface area contributed by atoms with Crippen molar-refractivity contribution in [2.24, 2.45) is 0 Å². The number of hydrogen-bond acceptors (Lipinski definition) is 3. The van der Waals surface area contributed by atoms with E-state index in [1.54, 1.807) is 24.5 Å². The first-order valence-corrected chi connectivity index (χ1v) is 6.36. The summed E-state index contributed by atoms with van der Waals surface area (Å²) in [7, 11) is 0. The number of rotatable bonds is 4. The van der Waals surface area contributed by atoms with Crippen LogP contribution in [0.1, 0.15) is 23.7 Å². The van der Waals surface area contributed by atoms with Gasteiger partial charge in [0.25, 0.3) is 5.91 Å². The van der Waals surface area contributed by atoms with Gasteiger partial charge < -0.3 is 5.32 Å². The molecule has 94 valence electrons. The van der Waals surface area contributed by atoms with Crippen molar-refractivity contribution in [1.29, 1.82) is 0 Å². The van der Waals surface area contributed by atoms with E-state index in [4.69, 9.17) is 11.6 Å². The highest BCUT2D eigenvalue weighted by molar-refractivity contribution is 6.18. The second-order valence-corrected chi connectivity index (χ2v) is 4.27.